The molecule has 2 nitrogen and oxygen atoms in total. The number of nitriles is 2. The third-order valence-electron chi connectivity index (χ3n) is 1.50. The molecule has 1 aliphatic carbocycles. The summed E-state index contributed by atoms with van der Waals surface area (Å²) in [7, 11) is 0. The molecule has 0 N–H and O–H groups in total. The smallest absolute Gasteiger partial charge is 0.175 e. The molecule has 13 heavy (non-hydrogen) atoms. The minimum absolute atomic E-state index is 0.445. The summed E-state index contributed by atoms with van der Waals surface area (Å²) in [6.45, 7) is 0. The van der Waals surface area contributed by atoms with E-state index < -0.39 is 29.3 Å². The molecule has 1 unspecified atom stereocenters. The van der Waals surface area contributed by atoms with E-state index in [-0.39, 0.29) is 0 Å². The van der Waals surface area contributed by atoms with Crippen LogP contribution in [-0.4, -0.2) is 6.17 Å². The number of alkyl halides is 1. The molecule has 0 amide bonds. The highest BCUT2D eigenvalue weighted by Crippen LogP contribution is 2.33. The topological polar surface area (TPSA) is 47.6 Å². The first-order chi connectivity index (χ1) is 6.11. The summed E-state index contributed by atoms with van der Waals surface area (Å²) in [6.07, 6.45) is -1.71. The maximum Gasteiger partial charge on any atom is 0.175 e. The Balaban J connectivity index is 3.19. The molecule has 0 fully saturated rings. The fourth-order valence-electron chi connectivity index (χ4n) is 0.863. The van der Waals surface area contributed by atoms with Crippen molar-refractivity contribution in [2.45, 2.75) is 6.17 Å². The first kappa shape index (κ1) is 9.34. The second-order valence-corrected chi connectivity index (χ2v) is 2.26. The van der Waals surface area contributed by atoms with Gasteiger partial charge in [-0.05, 0) is 6.08 Å². The molecule has 0 aromatic heterocycles. The Hall–Kier alpha value is -1.75. The highest BCUT2D eigenvalue weighted by atomic mass is 19.2. The van der Waals surface area contributed by atoms with Crippen LogP contribution in [0, 0.1) is 28.6 Å². The Kier molecular flexibility index (Phi) is 2.39. The largest absolute Gasteiger partial charge is 0.239 e. The predicted octanol–water partition coefficient (Wildman–Crippen LogP) is 2.04. The van der Waals surface area contributed by atoms with Crippen molar-refractivity contribution >= 4 is 0 Å². The maximum atomic E-state index is 12.9. The van der Waals surface area contributed by atoms with Gasteiger partial charge in [-0.25, -0.2) is 13.2 Å². The number of rotatable bonds is 0. The summed E-state index contributed by atoms with van der Waals surface area (Å²) in [4.78, 5) is 0. The van der Waals surface area contributed by atoms with E-state index >= 15 is 0 Å². The van der Waals surface area contributed by atoms with Crippen molar-refractivity contribution in [3.8, 4) is 12.1 Å². The Morgan fingerprint density at radius 3 is 2.31 bits per heavy atom. The molecule has 0 heterocycles. The number of nitrogens with zero attached hydrogens (tertiary/aromatic N) is 2. The minimum atomic E-state index is -2.16. The highest BCUT2D eigenvalue weighted by molar-refractivity contribution is 5.51. The van der Waals surface area contributed by atoms with Gasteiger partial charge in [0.15, 0.2) is 17.8 Å². The van der Waals surface area contributed by atoms with Crippen LogP contribution in [0.4, 0.5) is 13.2 Å². The molecule has 1 aliphatic rings. The van der Waals surface area contributed by atoms with Crippen molar-refractivity contribution in [3.05, 3.63) is 29.2 Å². The van der Waals surface area contributed by atoms with Crippen molar-refractivity contribution in [1.82, 2.24) is 0 Å². The number of hydrogen-bond acceptors (Lipinski definition) is 2. The molecule has 65 valence electrons. The molecule has 0 spiro atoms. The zero-order valence-electron chi connectivity index (χ0n) is 6.18. The van der Waals surface area contributed by atoms with E-state index in [9.17, 15) is 13.2 Å². The number of hydrogen-bond donors (Lipinski definition) is 0. The molecule has 0 aliphatic heterocycles. The van der Waals surface area contributed by atoms with Gasteiger partial charge in [-0.1, -0.05) is 0 Å². The van der Waals surface area contributed by atoms with Gasteiger partial charge in [-0.2, -0.15) is 10.5 Å². The average molecular weight is 183 g/mol. The molecular weight excluding hydrogens is 181 g/mol. The Labute approximate surface area is 72.2 Å². The molecule has 0 aromatic carbocycles. The van der Waals surface area contributed by atoms with Crippen molar-refractivity contribution in [3.63, 3.8) is 0 Å². The molecule has 5 heteroatoms. The molecule has 1 rings (SSSR count). The predicted molar refractivity (Wildman–Crippen MR) is 36.7 cm³/mol. The first-order valence-corrected chi connectivity index (χ1v) is 3.20. The van der Waals surface area contributed by atoms with Gasteiger partial charge in [0.25, 0.3) is 0 Å². The van der Waals surface area contributed by atoms with Crippen LogP contribution in [0.2, 0.25) is 0 Å². The van der Waals surface area contributed by atoms with Crippen molar-refractivity contribution < 1.29 is 13.2 Å². The fourth-order valence-corrected chi connectivity index (χ4v) is 0.863. The maximum absolute atomic E-state index is 12.9. The summed E-state index contributed by atoms with van der Waals surface area (Å²) >= 11 is 0. The minimum Gasteiger partial charge on any atom is -0.239 e. The van der Waals surface area contributed by atoms with E-state index in [4.69, 9.17) is 10.5 Å². The lowest BCUT2D eigenvalue weighted by Gasteiger charge is -2.14. The SMILES string of the molecule is N#C[C]1C=C(F)C(F)=C(C#N)C1F. The van der Waals surface area contributed by atoms with Gasteiger partial charge in [-0.15, -0.1) is 0 Å². The lowest BCUT2D eigenvalue weighted by molar-refractivity contribution is 0.397. The van der Waals surface area contributed by atoms with Crippen LogP contribution in [0.25, 0.3) is 0 Å². The molecule has 1 atom stereocenters. The first-order valence-electron chi connectivity index (χ1n) is 3.20. The number of allylic oxidation sites excluding steroid dienone is 4. The summed E-state index contributed by atoms with van der Waals surface area (Å²) in [5, 5.41) is 16.5. The molecule has 1 radical (unpaired) electrons. The second-order valence-electron chi connectivity index (χ2n) is 2.26. The van der Waals surface area contributed by atoms with Crippen molar-refractivity contribution in [2.24, 2.45) is 0 Å². The lowest BCUT2D eigenvalue weighted by Crippen LogP contribution is -2.17. The van der Waals surface area contributed by atoms with Crippen LogP contribution in [0.5, 0.6) is 0 Å². The number of halogens is 3. The Bertz CT molecular complexity index is 370. The van der Waals surface area contributed by atoms with Crippen LogP contribution in [0.1, 0.15) is 0 Å². The van der Waals surface area contributed by atoms with Gasteiger partial charge in [0.1, 0.15) is 17.6 Å². The average Bonchev–Trinajstić information content (AvgIpc) is 2.12. The summed E-state index contributed by atoms with van der Waals surface area (Å²) in [6, 6.07) is 2.52. The fraction of sp³-hybridized carbons (Fsp3) is 0.125. The molecule has 0 aromatic rings. The Morgan fingerprint density at radius 2 is 1.85 bits per heavy atom. The van der Waals surface area contributed by atoms with Crippen molar-refractivity contribution in [2.75, 3.05) is 0 Å². The van der Waals surface area contributed by atoms with Gasteiger partial charge in [0.05, 0.1) is 6.07 Å². The monoisotopic (exact) mass is 183 g/mol. The van der Waals surface area contributed by atoms with Crippen LogP contribution in [0.15, 0.2) is 23.3 Å². The zero-order chi connectivity index (χ0) is 10.0. The van der Waals surface area contributed by atoms with Gasteiger partial charge < -0.3 is 0 Å². The van der Waals surface area contributed by atoms with Crippen LogP contribution >= 0.6 is 0 Å². The van der Waals surface area contributed by atoms with E-state index in [2.05, 4.69) is 0 Å². The normalized spacial score (nSPS) is 23.5. The molecular formula is C8H2F3N2. The van der Waals surface area contributed by atoms with E-state index in [1.807, 2.05) is 0 Å². The summed E-state index contributed by atoms with van der Waals surface area (Å²) < 4.78 is 38.2. The quantitative estimate of drug-likeness (QED) is 0.576. The molecule has 0 saturated heterocycles. The van der Waals surface area contributed by atoms with Crippen LogP contribution in [-0.2, 0) is 0 Å². The highest BCUT2D eigenvalue weighted by Gasteiger charge is 2.33. The Morgan fingerprint density at radius 1 is 1.23 bits per heavy atom. The van der Waals surface area contributed by atoms with E-state index in [1.54, 1.807) is 0 Å². The lowest BCUT2D eigenvalue weighted by atomic mass is 9.93. The van der Waals surface area contributed by atoms with Crippen LogP contribution < -0.4 is 0 Å². The van der Waals surface area contributed by atoms with Gasteiger partial charge in [0, 0.05) is 0 Å². The second kappa shape index (κ2) is 3.32. The third kappa shape index (κ3) is 1.41. The summed E-state index contributed by atoms with van der Waals surface area (Å²) in [5.74, 6) is -3.52. The van der Waals surface area contributed by atoms with Gasteiger partial charge >= 0.3 is 0 Å². The third-order valence-corrected chi connectivity index (χ3v) is 1.50. The van der Waals surface area contributed by atoms with Gasteiger partial charge in [-0.3, -0.25) is 0 Å². The summed E-state index contributed by atoms with van der Waals surface area (Å²) in [5.41, 5.74) is -0.989. The zero-order valence-corrected chi connectivity index (χ0v) is 6.18. The van der Waals surface area contributed by atoms with E-state index in [1.165, 1.54) is 12.1 Å². The molecule has 0 bridgehead atoms. The van der Waals surface area contributed by atoms with Crippen molar-refractivity contribution in [1.29, 1.82) is 10.5 Å². The van der Waals surface area contributed by atoms with Crippen LogP contribution in [0.3, 0.4) is 0 Å². The standard InChI is InChI=1S/C8H2F3N2/c9-6-1-4(2-12)7(10)5(3-13)8(6)11/h1,7H. The van der Waals surface area contributed by atoms with Gasteiger partial charge in [0.2, 0.25) is 0 Å². The molecule has 0 saturated carbocycles. The van der Waals surface area contributed by atoms with E-state index in [0.717, 1.165) is 0 Å². The van der Waals surface area contributed by atoms with E-state index in [0.29, 0.717) is 6.08 Å².